The largest absolute Gasteiger partial charge is 0.463 e. The first-order valence-corrected chi connectivity index (χ1v) is 4.97. The number of aromatic nitrogens is 1. The number of esters is 1. The predicted octanol–water partition coefficient (Wildman–Crippen LogP) is 2.40. The van der Waals surface area contributed by atoms with E-state index in [1.807, 2.05) is 18.2 Å². The highest BCUT2D eigenvalue weighted by molar-refractivity contribution is 5.88. The summed E-state index contributed by atoms with van der Waals surface area (Å²) in [6.45, 7) is 2.15. The number of carbonyl (C=O) groups excluding carboxylic acids is 1. The van der Waals surface area contributed by atoms with E-state index in [2.05, 4.69) is 4.98 Å². The fourth-order valence-corrected chi connectivity index (χ4v) is 1.33. The predicted molar refractivity (Wildman–Crippen MR) is 59.7 cm³/mol. The summed E-state index contributed by atoms with van der Waals surface area (Å²) in [6.07, 6.45) is 4.47. The van der Waals surface area contributed by atoms with E-state index in [1.165, 1.54) is 12.5 Å². The minimum absolute atomic E-state index is 0.345. The minimum Gasteiger partial charge on any atom is -0.463 e. The van der Waals surface area contributed by atoms with Crippen molar-refractivity contribution >= 4 is 23.1 Å². The molecule has 0 unspecified atom stereocenters. The standard InChI is InChI=1S/C12H11NO3/c1-2-15-12(14)6-4-9-3-5-11-10(7-9)13-8-16-11/h3-8H,2H2,1H3/b6-4+. The van der Waals surface area contributed by atoms with E-state index in [0.29, 0.717) is 6.61 Å². The molecule has 16 heavy (non-hydrogen) atoms. The molecule has 0 bridgehead atoms. The lowest BCUT2D eigenvalue weighted by atomic mass is 10.2. The van der Waals surface area contributed by atoms with Crippen molar-refractivity contribution < 1.29 is 13.9 Å². The first-order chi connectivity index (χ1) is 7.79. The molecule has 0 N–H and O–H groups in total. The molecular weight excluding hydrogens is 206 g/mol. The Balaban J connectivity index is 2.17. The van der Waals surface area contributed by atoms with Gasteiger partial charge in [-0.25, -0.2) is 9.78 Å². The molecule has 1 heterocycles. The third-order valence-corrected chi connectivity index (χ3v) is 2.05. The summed E-state index contributed by atoms with van der Waals surface area (Å²) in [6, 6.07) is 5.50. The maximum Gasteiger partial charge on any atom is 0.330 e. The zero-order valence-corrected chi connectivity index (χ0v) is 8.84. The van der Waals surface area contributed by atoms with Crippen molar-refractivity contribution in [2.45, 2.75) is 6.92 Å². The van der Waals surface area contributed by atoms with E-state index in [4.69, 9.17) is 9.15 Å². The third kappa shape index (κ3) is 2.28. The summed E-state index contributed by atoms with van der Waals surface area (Å²) in [7, 11) is 0. The molecule has 0 atom stereocenters. The Labute approximate surface area is 92.5 Å². The topological polar surface area (TPSA) is 52.3 Å². The van der Waals surface area contributed by atoms with Crippen LogP contribution in [0.5, 0.6) is 0 Å². The van der Waals surface area contributed by atoms with Crippen molar-refractivity contribution in [3.05, 3.63) is 36.2 Å². The molecule has 1 aromatic heterocycles. The van der Waals surface area contributed by atoms with Gasteiger partial charge in [0.1, 0.15) is 5.52 Å². The molecule has 0 saturated carbocycles. The molecule has 82 valence electrons. The summed E-state index contributed by atoms with van der Waals surface area (Å²) in [5.41, 5.74) is 2.38. The number of fused-ring (bicyclic) bond motifs is 1. The zero-order valence-electron chi connectivity index (χ0n) is 8.84. The molecule has 2 aromatic rings. The van der Waals surface area contributed by atoms with Crippen LogP contribution in [0.2, 0.25) is 0 Å². The molecule has 2 rings (SSSR count). The molecule has 0 saturated heterocycles. The van der Waals surface area contributed by atoms with Crippen LogP contribution >= 0.6 is 0 Å². The average molecular weight is 217 g/mol. The molecule has 0 amide bonds. The van der Waals surface area contributed by atoms with Crippen molar-refractivity contribution in [2.75, 3.05) is 6.61 Å². The monoisotopic (exact) mass is 217 g/mol. The smallest absolute Gasteiger partial charge is 0.330 e. The van der Waals surface area contributed by atoms with Crippen molar-refractivity contribution in [1.29, 1.82) is 0 Å². The van der Waals surface area contributed by atoms with Gasteiger partial charge in [0.15, 0.2) is 12.0 Å². The van der Waals surface area contributed by atoms with E-state index in [9.17, 15) is 4.79 Å². The van der Waals surface area contributed by atoms with Crippen molar-refractivity contribution in [3.63, 3.8) is 0 Å². The SMILES string of the molecule is CCOC(=O)/C=C/c1ccc2ocnc2c1. The molecular formula is C12H11NO3. The number of hydrogen-bond acceptors (Lipinski definition) is 4. The first-order valence-electron chi connectivity index (χ1n) is 4.97. The van der Waals surface area contributed by atoms with Gasteiger partial charge in [0.25, 0.3) is 0 Å². The molecule has 0 fully saturated rings. The molecule has 0 aliphatic heterocycles. The molecule has 0 aliphatic rings. The number of ether oxygens (including phenoxy) is 1. The lowest BCUT2D eigenvalue weighted by Crippen LogP contribution is -1.98. The van der Waals surface area contributed by atoms with Gasteiger partial charge in [-0.15, -0.1) is 0 Å². The van der Waals surface area contributed by atoms with E-state index >= 15 is 0 Å². The molecule has 0 radical (unpaired) electrons. The third-order valence-electron chi connectivity index (χ3n) is 2.05. The second-order valence-corrected chi connectivity index (χ2v) is 3.16. The zero-order chi connectivity index (χ0) is 11.4. The average Bonchev–Trinajstić information content (AvgIpc) is 2.74. The Morgan fingerprint density at radius 2 is 2.44 bits per heavy atom. The summed E-state index contributed by atoms with van der Waals surface area (Å²) in [5, 5.41) is 0. The number of nitrogens with zero attached hydrogens (tertiary/aromatic N) is 1. The maximum atomic E-state index is 11.1. The molecule has 0 spiro atoms. The lowest BCUT2D eigenvalue weighted by molar-refractivity contribution is -0.137. The van der Waals surface area contributed by atoms with Gasteiger partial charge in [-0.05, 0) is 30.7 Å². The van der Waals surface area contributed by atoms with Crippen molar-refractivity contribution in [1.82, 2.24) is 4.98 Å². The summed E-state index contributed by atoms with van der Waals surface area (Å²) < 4.78 is 9.89. The van der Waals surface area contributed by atoms with Gasteiger partial charge in [-0.2, -0.15) is 0 Å². The van der Waals surface area contributed by atoms with Gasteiger partial charge in [0.2, 0.25) is 0 Å². The number of rotatable bonds is 3. The van der Waals surface area contributed by atoms with E-state index in [-0.39, 0.29) is 5.97 Å². The van der Waals surface area contributed by atoms with Gasteiger partial charge in [-0.3, -0.25) is 0 Å². The highest BCUT2D eigenvalue weighted by Crippen LogP contribution is 2.14. The van der Waals surface area contributed by atoms with Gasteiger partial charge in [0, 0.05) is 6.08 Å². The Morgan fingerprint density at radius 3 is 3.25 bits per heavy atom. The quantitative estimate of drug-likeness (QED) is 0.585. The first kappa shape index (κ1) is 10.4. The van der Waals surface area contributed by atoms with Gasteiger partial charge >= 0.3 is 5.97 Å². The van der Waals surface area contributed by atoms with Crippen LogP contribution < -0.4 is 0 Å². The minimum atomic E-state index is -0.345. The van der Waals surface area contributed by atoms with Crippen molar-refractivity contribution in [3.8, 4) is 0 Å². The Kier molecular flexibility index (Phi) is 3.00. The number of oxazole rings is 1. The van der Waals surface area contributed by atoms with E-state index < -0.39 is 0 Å². The Hall–Kier alpha value is -2.10. The van der Waals surface area contributed by atoms with E-state index in [1.54, 1.807) is 13.0 Å². The maximum absolute atomic E-state index is 11.1. The van der Waals surface area contributed by atoms with Crippen LogP contribution in [0.3, 0.4) is 0 Å². The highest BCUT2D eigenvalue weighted by Gasteiger charge is 1.99. The second kappa shape index (κ2) is 4.61. The molecule has 4 nitrogen and oxygen atoms in total. The number of carbonyl (C=O) groups is 1. The second-order valence-electron chi connectivity index (χ2n) is 3.16. The van der Waals surface area contributed by atoms with Gasteiger partial charge in [0.05, 0.1) is 6.61 Å². The molecule has 1 aromatic carbocycles. The van der Waals surface area contributed by atoms with Crippen LogP contribution in [0.25, 0.3) is 17.2 Å². The van der Waals surface area contributed by atoms with Crippen molar-refractivity contribution in [2.24, 2.45) is 0 Å². The normalized spacial score (nSPS) is 11.1. The van der Waals surface area contributed by atoms with Gasteiger partial charge in [-0.1, -0.05) is 6.07 Å². The van der Waals surface area contributed by atoms with Gasteiger partial charge < -0.3 is 9.15 Å². The Bertz CT molecular complexity index is 528. The van der Waals surface area contributed by atoms with Crippen LogP contribution in [0, 0.1) is 0 Å². The molecule has 0 aliphatic carbocycles. The van der Waals surface area contributed by atoms with Crippen LogP contribution in [-0.4, -0.2) is 17.6 Å². The fourth-order valence-electron chi connectivity index (χ4n) is 1.33. The lowest BCUT2D eigenvalue weighted by Gasteiger charge is -1.95. The number of hydrogen-bond donors (Lipinski definition) is 0. The van der Waals surface area contributed by atoms with Crippen LogP contribution in [-0.2, 0) is 9.53 Å². The summed E-state index contributed by atoms with van der Waals surface area (Å²) >= 11 is 0. The fraction of sp³-hybridized carbons (Fsp3) is 0.167. The van der Waals surface area contributed by atoms with Crippen LogP contribution in [0.1, 0.15) is 12.5 Å². The summed E-state index contributed by atoms with van der Waals surface area (Å²) in [5.74, 6) is -0.345. The summed E-state index contributed by atoms with van der Waals surface area (Å²) in [4.78, 5) is 15.1. The Morgan fingerprint density at radius 1 is 1.56 bits per heavy atom. The molecule has 4 heteroatoms. The highest BCUT2D eigenvalue weighted by atomic mass is 16.5. The van der Waals surface area contributed by atoms with E-state index in [0.717, 1.165) is 16.7 Å². The van der Waals surface area contributed by atoms with Crippen LogP contribution in [0.4, 0.5) is 0 Å². The van der Waals surface area contributed by atoms with Crippen LogP contribution in [0.15, 0.2) is 35.1 Å². The number of benzene rings is 1.